The first-order chi connectivity index (χ1) is 5.43. The van der Waals surface area contributed by atoms with Gasteiger partial charge in [0.05, 0.1) is 12.1 Å². The Kier molecular flexibility index (Phi) is 3.67. The molecule has 0 amide bonds. The Hall–Kier alpha value is -0.850. The molecule has 3 heteroatoms. The first-order valence-corrected chi connectivity index (χ1v) is 4.29. The SMILES string of the molecule is CC#CCNCc1cncs1. The second-order valence-corrected chi connectivity index (χ2v) is 2.97. The van der Waals surface area contributed by atoms with E-state index >= 15 is 0 Å². The molecule has 0 saturated carbocycles. The molecule has 0 aromatic carbocycles. The van der Waals surface area contributed by atoms with Crippen LogP contribution in [0.4, 0.5) is 0 Å². The van der Waals surface area contributed by atoms with Crippen LogP contribution in [0.15, 0.2) is 11.7 Å². The lowest BCUT2D eigenvalue weighted by Crippen LogP contribution is -2.11. The van der Waals surface area contributed by atoms with Gasteiger partial charge in [0.25, 0.3) is 0 Å². The third-order valence-corrected chi connectivity index (χ3v) is 1.95. The third-order valence-electron chi connectivity index (χ3n) is 1.17. The van der Waals surface area contributed by atoms with Crippen LogP contribution in [-0.4, -0.2) is 11.5 Å². The second-order valence-electron chi connectivity index (χ2n) is 2.00. The summed E-state index contributed by atoms with van der Waals surface area (Å²) in [5, 5.41) is 3.19. The fraction of sp³-hybridized carbons (Fsp3) is 0.375. The Morgan fingerprint density at radius 1 is 1.73 bits per heavy atom. The molecule has 1 heterocycles. The molecule has 0 saturated heterocycles. The summed E-state index contributed by atoms with van der Waals surface area (Å²) in [4.78, 5) is 5.22. The molecule has 1 rings (SSSR count). The molecule has 0 aliphatic rings. The molecule has 0 bridgehead atoms. The number of hydrogen-bond acceptors (Lipinski definition) is 3. The van der Waals surface area contributed by atoms with Crippen LogP contribution in [0, 0.1) is 11.8 Å². The summed E-state index contributed by atoms with van der Waals surface area (Å²) < 4.78 is 0. The summed E-state index contributed by atoms with van der Waals surface area (Å²) in [6, 6.07) is 0. The van der Waals surface area contributed by atoms with E-state index in [4.69, 9.17) is 0 Å². The predicted octanol–water partition coefficient (Wildman–Crippen LogP) is 1.26. The summed E-state index contributed by atoms with van der Waals surface area (Å²) in [7, 11) is 0. The number of aromatic nitrogens is 1. The van der Waals surface area contributed by atoms with Gasteiger partial charge in [-0.15, -0.1) is 17.3 Å². The lowest BCUT2D eigenvalue weighted by atomic mass is 10.5. The van der Waals surface area contributed by atoms with Gasteiger partial charge < -0.3 is 5.32 Å². The van der Waals surface area contributed by atoms with E-state index in [1.165, 1.54) is 4.88 Å². The summed E-state index contributed by atoms with van der Waals surface area (Å²) in [6.45, 7) is 3.47. The van der Waals surface area contributed by atoms with Crippen molar-refractivity contribution in [3.05, 3.63) is 16.6 Å². The van der Waals surface area contributed by atoms with Gasteiger partial charge in [-0.1, -0.05) is 5.92 Å². The zero-order valence-electron chi connectivity index (χ0n) is 6.42. The minimum Gasteiger partial charge on any atom is -0.301 e. The molecule has 0 aliphatic carbocycles. The van der Waals surface area contributed by atoms with Crippen LogP contribution < -0.4 is 5.32 Å². The van der Waals surface area contributed by atoms with Gasteiger partial charge in [0.1, 0.15) is 0 Å². The minimum absolute atomic E-state index is 0.758. The van der Waals surface area contributed by atoms with Crippen LogP contribution in [-0.2, 0) is 6.54 Å². The smallest absolute Gasteiger partial charge is 0.0794 e. The fourth-order valence-electron chi connectivity index (χ4n) is 0.666. The van der Waals surface area contributed by atoms with Crippen LogP contribution in [0.2, 0.25) is 0 Å². The Labute approximate surface area is 70.7 Å². The zero-order chi connectivity index (χ0) is 7.94. The lowest BCUT2D eigenvalue weighted by molar-refractivity contribution is 0.779. The van der Waals surface area contributed by atoms with Crippen molar-refractivity contribution in [2.24, 2.45) is 0 Å². The maximum absolute atomic E-state index is 3.96. The quantitative estimate of drug-likeness (QED) is 0.540. The zero-order valence-corrected chi connectivity index (χ0v) is 7.24. The molecule has 0 atom stereocenters. The van der Waals surface area contributed by atoms with Crippen molar-refractivity contribution in [1.82, 2.24) is 10.3 Å². The maximum atomic E-state index is 3.96. The van der Waals surface area contributed by atoms with Crippen LogP contribution in [0.25, 0.3) is 0 Å². The number of nitrogens with zero attached hydrogens (tertiary/aromatic N) is 1. The van der Waals surface area contributed by atoms with Crippen molar-refractivity contribution in [2.75, 3.05) is 6.54 Å². The fourth-order valence-corrected chi connectivity index (χ4v) is 1.23. The first-order valence-electron chi connectivity index (χ1n) is 3.41. The van der Waals surface area contributed by atoms with Crippen LogP contribution in [0.1, 0.15) is 11.8 Å². The highest BCUT2D eigenvalue weighted by atomic mass is 32.1. The van der Waals surface area contributed by atoms with E-state index < -0.39 is 0 Å². The van der Waals surface area contributed by atoms with Gasteiger partial charge in [0, 0.05) is 17.6 Å². The first kappa shape index (κ1) is 8.25. The molecule has 0 aliphatic heterocycles. The Morgan fingerprint density at radius 2 is 2.64 bits per heavy atom. The number of hydrogen-bond donors (Lipinski definition) is 1. The standard InChI is InChI=1S/C8H10N2S/c1-2-3-4-9-5-8-6-10-7-11-8/h6-7,9H,4-5H2,1H3. The molecule has 0 radical (unpaired) electrons. The largest absolute Gasteiger partial charge is 0.301 e. The van der Waals surface area contributed by atoms with Crippen LogP contribution in [0.5, 0.6) is 0 Å². The van der Waals surface area contributed by atoms with Crippen molar-refractivity contribution < 1.29 is 0 Å². The summed E-state index contributed by atoms with van der Waals surface area (Å²) in [5.74, 6) is 5.76. The van der Waals surface area contributed by atoms with Crippen molar-refractivity contribution in [2.45, 2.75) is 13.5 Å². The van der Waals surface area contributed by atoms with Gasteiger partial charge in [-0.25, -0.2) is 0 Å². The highest BCUT2D eigenvalue weighted by molar-refractivity contribution is 7.09. The second kappa shape index (κ2) is 4.89. The molecule has 1 N–H and O–H groups in total. The van der Waals surface area contributed by atoms with Crippen LogP contribution in [0.3, 0.4) is 0 Å². The molecule has 1 aromatic heterocycles. The van der Waals surface area contributed by atoms with E-state index in [2.05, 4.69) is 22.1 Å². The van der Waals surface area contributed by atoms with Crippen molar-refractivity contribution >= 4 is 11.3 Å². The van der Waals surface area contributed by atoms with Gasteiger partial charge >= 0.3 is 0 Å². The van der Waals surface area contributed by atoms with Gasteiger partial charge in [0.15, 0.2) is 0 Å². The summed E-state index contributed by atoms with van der Waals surface area (Å²) in [5.41, 5.74) is 1.84. The molecule has 0 unspecified atom stereocenters. The number of thiazole rings is 1. The topological polar surface area (TPSA) is 24.9 Å². The summed E-state index contributed by atoms with van der Waals surface area (Å²) in [6.07, 6.45) is 1.87. The van der Waals surface area contributed by atoms with E-state index in [0.29, 0.717) is 0 Å². The molecular weight excluding hydrogens is 156 g/mol. The normalized spacial score (nSPS) is 8.82. The highest BCUT2D eigenvalue weighted by Gasteiger charge is 1.90. The van der Waals surface area contributed by atoms with E-state index in [9.17, 15) is 0 Å². The molecule has 2 nitrogen and oxygen atoms in total. The number of rotatable bonds is 3. The molecule has 58 valence electrons. The van der Waals surface area contributed by atoms with Crippen molar-refractivity contribution in [1.29, 1.82) is 0 Å². The van der Waals surface area contributed by atoms with E-state index in [-0.39, 0.29) is 0 Å². The van der Waals surface area contributed by atoms with Crippen molar-refractivity contribution in [3.8, 4) is 11.8 Å². The predicted molar refractivity (Wildman–Crippen MR) is 47.3 cm³/mol. The lowest BCUT2D eigenvalue weighted by Gasteiger charge is -1.94. The Bertz CT molecular complexity index is 243. The van der Waals surface area contributed by atoms with E-state index in [0.717, 1.165) is 13.1 Å². The van der Waals surface area contributed by atoms with E-state index in [1.807, 2.05) is 18.6 Å². The van der Waals surface area contributed by atoms with Gasteiger partial charge in [0.2, 0.25) is 0 Å². The highest BCUT2D eigenvalue weighted by Crippen LogP contribution is 2.03. The number of nitrogens with one attached hydrogen (secondary N) is 1. The molecule has 11 heavy (non-hydrogen) atoms. The van der Waals surface area contributed by atoms with E-state index in [1.54, 1.807) is 11.3 Å². The minimum atomic E-state index is 0.758. The molecule has 0 spiro atoms. The molecule has 1 aromatic rings. The summed E-state index contributed by atoms with van der Waals surface area (Å²) >= 11 is 1.66. The average Bonchev–Trinajstić information content (AvgIpc) is 2.50. The Balaban J connectivity index is 2.17. The molecule has 0 fully saturated rings. The monoisotopic (exact) mass is 166 g/mol. The third kappa shape index (κ3) is 3.17. The van der Waals surface area contributed by atoms with Gasteiger partial charge in [-0.2, -0.15) is 0 Å². The average molecular weight is 166 g/mol. The molecular formula is C8H10N2S. The maximum Gasteiger partial charge on any atom is 0.0794 e. The van der Waals surface area contributed by atoms with Gasteiger partial charge in [-0.05, 0) is 6.92 Å². The van der Waals surface area contributed by atoms with Gasteiger partial charge in [-0.3, -0.25) is 4.98 Å². The Morgan fingerprint density at radius 3 is 3.27 bits per heavy atom. The van der Waals surface area contributed by atoms with Crippen LogP contribution >= 0.6 is 11.3 Å². The van der Waals surface area contributed by atoms with Crippen molar-refractivity contribution in [3.63, 3.8) is 0 Å².